The maximum Gasteiger partial charge on any atom is 0.136 e. The van der Waals surface area contributed by atoms with Crippen molar-refractivity contribution in [3.63, 3.8) is 0 Å². The van der Waals surface area contributed by atoms with Crippen LogP contribution in [0, 0.1) is 6.92 Å². The molecule has 0 spiro atoms. The monoisotopic (exact) mass is 345 g/mol. The van der Waals surface area contributed by atoms with Gasteiger partial charge >= 0.3 is 0 Å². The second-order valence-corrected chi connectivity index (χ2v) is 6.49. The summed E-state index contributed by atoms with van der Waals surface area (Å²) >= 11 is 5.90. The maximum absolute atomic E-state index is 10.5. The second-order valence-electron chi connectivity index (χ2n) is 6.06. The van der Waals surface area contributed by atoms with E-state index in [-0.39, 0.29) is 0 Å². The number of furan rings is 1. The van der Waals surface area contributed by atoms with E-state index in [0.717, 1.165) is 17.0 Å². The lowest BCUT2D eigenvalue weighted by atomic mass is 10.0. The van der Waals surface area contributed by atoms with Gasteiger partial charge in [-0.15, -0.1) is 0 Å². The van der Waals surface area contributed by atoms with Gasteiger partial charge in [-0.1, -0.05) is 11.6 Å². The first-order valence-electron chi connectivity index (χ1n) is 7.73. The van der Waals surface area contributed by atoms with Crippen molar-refractivity contribution < 1.29 is 9.52 Å². The highest BCUT2D eigenvalue weighted by Crippen LogP contribution is 2.22. The third kappa shape index (κ3) is 3.87. The van der Waals surface area contributed by atoms with Crippen LogP contribution in [0.5, 0.6) is 0 Å². The average molecular weight is 346 g/mol. The predicted octanol–water partition coefficient (Wildman–Crippen LogP) is 3.42. The number of benzene rings is 1. The predicted molar refractivity (Wildman–Crippen MR) is 93.3 cm³/mol. The molecule has 3 rings (SSSR count). The summed E-state index contributed by atoms with van der Waals surface area (Å²) < 4.78 is 7.30. The van der Waals surface area contributed by atoms with E-state index in [9.17, 15) is 5.11 Å². The molecule has 1 atom stereocenters. The van der Waals surface area contributed by atoms with Crippen LogP contribution in [0.3, 0.4) is 0 Å². The number of rotatable bonds is 6. The molecule has 0 aliphatic rings. The van der Waals surface area contributed by atoms with Crippen molar-refractivity contribution >= 4 is 11.6 Å². The molecule has 2 heterocycles. The number of aliphatic hydroxyl groups is 1. The third-order valence-corrected chi connectivity index (χ3v) is 4.05. The van der Waals surface area contributed by atoms with Crippen LogP contribution < -0.4 is 5.32 Å². The van der Waals surface area contributed by atoms with Gasteiger partial charge in [0.2, 0.25) is 0 Å². The van der Waals surface area contributed by atoms with Crippen molar-refractivity contribution in [1.29, 1.82) is 0 Å². The number of aryl methyl sites for hydroxylation is 1. The summed E-state index contributed by atoms with van der Waals surface area (Å²) in [7, 11) is 0. The van der Waals surface area contributed by atoms with Gasteiger partial charge in [-0.05, 0) is 50.2 Å². The van der Waals surface area contributed by atoms with E-state index in [0.29, 0.717) is 23.9 Å². The molecule has 0 bridgehead atoms. The highest BCUT2D eigenvalue weighted by atomic mass is 35.5. The van der Waals surface area contributed by atoms with Crippen LogP contribution >= 0.6 is 11.6 Å². The quantitative estimate of drug-likeness (QED) is 0.718. The first-order valence-corrected chi connectivity index (χ1v) is 8.11. The summed E-state index contributed by atoms with van der Waals surface area (Å²) in [6, 6.07) is 11.1. The Balaban J connectivity index is 1.58. The minimum Gasteiger partial charge on any atom is -0.463 e. The fourth-order valence-electron chi connectivity index (χ4n) is 2.45. The summed E-state index contributed by atoms with van der Waals surface area (Å²) in [5.41, 5.74) is 0.917. The number of nitrogens with one attached hydrogen (secondary N) is 1. The zero-order valence-corrected chi connectivity index (χ0v) is 14.4. The van der Waals surface area contributed by atoms with E-state index in [4.69, 9.17) is 16.0 Å². The van der Waals surface area contributed by atoms with Crippen molar-refractivity contribution in [3.05, 3.63) is 70.9 Å². The van der Waals surface area contributed by atoms with Crippen LogP contribution in [-0.2, 0) is 12.1 Å². The molecule has 2 aromatic heterocycles. The first kappa shape index (κ1) is 16.8. The topological polar surface area (TPSA) is 63.2 Å². The molecule has 126 valence electrons. The largest absolute Gasteiger partial charge is 0.463 e. The van der Waals surface area contributed by atoms with Crippen molar-refractivity contribution in [2.75, 3.05) is 6.54 Å². The molecule has 2 N–H and O–H groups in total. The van der Waals surface area contributed by atoms with Gasteiger partial charge in [0.1, 0.15) is 17.1 Å². The van der Waals surface area contributed by atoms with Crippen LogP contribution in [0.2, 0.25) is 5.02 Å². The van der Waals surface area contributed by atoms with Gasteiger partial charge in [0.15, 0.2) is 0 Å². The summed E-state index contributed by atoms with van der Waals surface area (Å²) in [4.78, 5) is 0. The van der Waals surface area contributed by atoms with E-state index in [1.54, 1.807) is 23.9 Å². The molecule has 3 aromatic rings. The molecule has 0 saturated heterocycles. The van der Waals surface area contributed by atoms with Crippen molar-refractivity contribution in [1.82, 2.24) is 15.1 Å². The second kappa shape index (κ2) is 6.81. The minimum atomic E-state index is -1.06. The Bertz CT molecular complexity index is 806. The van der Waals surface area contributed by atoms with Crippen molar-refractivity contribution in [2.45, 2.75) is 26.0 Å². The highest BCUT2D eigenvalue weighted by molar-refractivity contribution is 6.30. The molecule has 0 radical (unpaired) electrons. The van der Waals surface area contributed by atoms with Crippen molar-refractivity contribution in [2.24, 2.45) is 0 Å². The Morgan fingerprint density at radius 3 is 2.67 bits per heavy atom. The first-order chi connectivity index (χ1) is 11.4. The molecule has 1 aromatic carbocycles. The van der Waals surface area contributed by atoms with E-state index in [1.807, 2.05) is 43.5 Å². The van der Waals surface area contributed by atoms with E-state index >= 15 is 0 Å². The Kier molecular flexibility index (Phi) is 4.76. The Hall–Kier alpha value is -2.08. The van der Waals surface area contributed by atoms with Gasteiger partial charge in [0, 0.05) is 29.9 Å². The standard InChI is InChI=1S/C18H20ClN3O2/c1-13-3-8-17(24-13)18(2,23)12-20-9-14-10-21-22(11-14)16-6-4-15(19)5-7-16/h3-8,10-11,20,23H,9,12H2,1-2H3. The van der Waals surface area contributed by atoms with Gasteiger partial charge in [0.25, 0.3) is 0 Å². The van der Waals surface area contributed by atoms with E-state index in [2.05, 4.69) is 10.4 Å². The zero-order valence-electron chi connectivity index (χ0n) is 13.7. The van der Waals surface area contributed by atoms with Gasteiger partial charge in [-0.25, -0.2) is 4.68 Å². The highest BCUT2D eigenvalue weighted by Gasteiger charge is 2.26. The zero-order chi connectivity index (χ0) is 17.2. The molecule has 0 aliphatic carbocycles. The number of hydrogen-bond acceptors (Lipinski definition) is 4. The van der Waals surface area contributed by atoms with Crippen LogP contribution in [0.25, 0.3) is 5.69 Å². The summed E-state index contributed by atoms with van der Waals surface area (Å²) in [6.07, 6.45) is 3.75. The van der Waals surface area contributed by atoms with E-state index < -0.39 is 5.60 Å². The summed E-state index contributed by atoms with van der Waals surface area (Å²) in [5.74, 6) is 1.35. The molecule has 0 amide bonds. The van der Waals surface area contributed by atoms with Gasteiger partial charge < -0.3 is 14.8 Å². The number of aromatic nitrogens is 2. The lowest BCUT2D eigenvalue weighted by molar-refractivity contribution is 0.0333. The van der Waals surface area contributed by atoms with Crippen molar-refractivity contribution in [3.8, 4) is 5.69 Å². The normalized spacial score (nSPS) is 13.8. The molecule has 0 saturated carbocycles. The van der Waals surface area contributed by atoms with Gasteiger partial charge in [0.05, 0.1) is 11.9 Å². The smallest absolute Gasteiger partial charge is 0.136 e. The summed E-state index contributed by atoms with van der Waals surface area (Å²) in [5, 5.41) is 18.8. The van der Waals surface area contributed by atoms with Crippen LogP contribution in [0.1, 0.15) is 24.0 Å². The molecule has 5 nitrogen and oxygen atoms in total. The van der Waals surface area contributed by atoms with Gasteiger partial charge in [-0.3, -0.25) is 0 Å². The number of nitrogens with zero attached hydrogens (tertiary/aromatic N) is 2. The third-order valence-electron chi connectivity index (χ3n) is 3.80. The molecule has 24 heavy (non-hydrogen) atoms. The Morgan fingerprint density at radius 2 is 2.00 bits per heavy atom. The fraction of sp³-hybridized carbons (Fsp3) is 0.278. The molecule has 1 unspecified atom stereocenters. The Morgan fingerprint density at radius 1 is 1.25 bits per heavy atom. The van der Waals surface area contributed by atoms with Crippen LogP contribution in [-0.4, -0.2) is 21.4 Å². The fourth-order valence-corrected chi connectivity index (χ4v) is 2.57. The maximum atomic E-state index is 10.5. The molecule has 0 aliphatic heterocycles. The molecule has 6 heteroatoms. The van der Waals surface area contributed by atoms with Gasteiger partial charge in [-0.2, -0.15) is 5.10 Å². The molecular weight excluding hydrogens is 326 g/mol. The van der Waals surface area contributed by atoms with E-state index in [1.165, 1.54) is 0 Å². The van der Waals surface area contributed by atoms with Crippen LogP contribution in [0.4, 0.5) is 0 Å². The lowest BCUT2D eigenvalue weighted by Gasteiger charge is -2.21. The number of hydrogen-bond donors (Lipinski definition) is 2. The Labute approximate surface area is 145 Å². The van der Waals surface area contributed by atoms with Crippen LogP contribution in [0.15, 0.2) is 53.2 Å². The molecular formula is C18H20ClN3O2. The summed E-state index contributed by atoms with van der Waals surface area (Å²) in [6.45, 7) is 4.57. The average Bonchev–Trinajstić information content (AvgIpc) is 3.17. The molecule has 0 fully saturated rings. The lowest BCUT2D eigenvalue weighted by Crippen LogP contribution is -2.34. The number of halogens is 1. The minimum absolute atomic E-state index is 0.381. The SMILES string of the molecule is Cc1ccc(C(C)(O)CNCc2cnn(-c3ccc(Cl)cc3)c2)o1.